The molecule has 0 N–H and O–H groups in total. The average molecular weight is 596 g/mol. The number of methoxy groups -OCH3 is 1. The first-order chi connectivity index (χ1) is 20.4. The Balaban J connectivity index is 1.32. The summed E-state index contributed by atoms with van der Waals surface area (Å²) in [7, 11) is 1.61. The molecule has 0 aliphatic heterocycles. The molecule has 232 valence electrons. The molecule has 3 aromatic rings. The van der Waals surface area contributed by atoms with Gasteiger partial charge in [-0.15, -0.1) is 0 Å². The molecule has 43 heavy (non-hydrogen) atoms. The van der Waals surface area contributed by atoms with Crippen molar-refractivity contribution in [3.8, 4) is 5.75 Å². The summed E-state index contributed by atoms with van der Waals surface area (Å²) < 4.78 is 32.4. The number of nitrogens with zero attached hydrogens (tertiary/aromatic N) is 1. The normalized spacial score (nSPS) is 12.4. The first kappa shape index (κ1) is 33.5. The minimum atomic E-state index is -1.05. The summed E-state index contributed by atoms with van der Waals surface area (Å²) in [5.74, 6) is -1.03. The number of esters is 2. The fourth-order valence-corrected chi connectivity index (χ4v) is 4.09. The summed E-state index contributed by atoms with van der Waals surface area (Å²) in [6.07, 6.45) is 2.89. The minimum Gasteiger partial charge on any atom is -0.497 e. The smallest absolute Gasteiger partial charge is 0.497 e. The van der Waals surface area contributed by atoms with E-state index in [2.05, 4.69) is 4.98 Å². The zero-order chi connectivity index (χ0) is 31.5. The van der Waals surface area contributed by atoms with Crippen molar-refractivity contribution >= 4 is 28.9 Å². The van der Waals surface area contributed by atoms with Crippen LogP contribution in [-0.2, 0) is 28.5 Å². The zero-order valence-electron chi connectivity index (χ0n) is 25.7. The van der Waals surface area contributed by atoms with Crippen LogP contribution in [0.4, 0.5) is 4.79 Å². The topological polar surface area (TPSA) is 119 Å². The molecule has 0 saturated carbocycles. The quantitative estimate of drug-likeness (QED) is 0.113. The van der Waals surface area contributed by atoms with Gasteiger partial charge in [-0.1, -0.05) is 24.3 Å². The SMILES string of the molecule is COc1ccc2cc([C@@H](C)C(=O)OC(=O)OCCC(C)(C)OCCOC(C)(C)CCOC(=O)c3cccnc3)ccc2c1. The molecule has 0 aliphatic rings. The highest BCUT2D eigenvalue weighted by molar-refractivity contribution is 5.90. The van der Waals surface area contributed by atoms with E-state index in [4.69, 9.17) is 28.4 Å². The molecule has 0 radical (unpaired) electrons. The molecule has 3 rings (SSSR count). The van der Waals surface area contributed by atoms with Gasteiger partial charge in [0.1, 0.15) is 5.75 Å². The lowest BCUT2D eigenvalue weighted by Gasteiger charge is -2.28. The van der Waals surface area contributed by atoms with Crippen molar-refractivity contribution in [2.24, 2.45) is 0 Å². The van der Waals surface area contributed by atoms with Crippen LogP contribution in [0.5, 0.6) is 5.75 Å². The van der Waals surface area contributed by atoms with E-state index >= 15 is 0 Å². The van der Waals surface area contributed by atoms with E-state index in [1.807, 2.05) is 64.1 Å². The molecular formula is C33H41NO9. The van der Waals surface area contributed by atoms with Crippen LogP contribution in [-0.4, -0.2) is 67.8 Å². The number of carbonyl (C=O) groups excluding carboxylic acids is 3. The number of ether oxygens (including phenoxy) is 6. The van der Waals surface area contributed by atoms with Gasteiger partial charge in [0.15, 0.2) is 0 Å². The highest BCUT2D eigenvalue weighted by atomic mass is 16.7. The number of aromatic nitrogens is 1. The van der Waals surface area contributed by atoms with Crippen LogP contribution in [0.15, 0.2) is 60.9 Å². The van der Waals surface area contributed by atoms with Gasteiger partial charge in [0.25, 0.3) is 0 Å². The first-order valence-electron chi connectivity index (χ1n) is 14.2. The molecule has 0 spiro atoms. The third-order valence-electron chi connectivity index (χ3n) is 6.94. The lowest BCUT2D eigenvalue weighted by atomic mass is 9.98. The Morgan fingerprint density at radius 3 is 2.07 bits per heavy atom. The number of pyridine rings is 1. The molecule has 1 aromatic heterocycles. The maximum atomic E-state index is 12.6. The van der Waals surface area contributed by atoms with Gasteiger partial charge < -0.3 is 28.4 Å². The molecular weight excluding hydrogens is 554 g/mol. The summed E-state index contributed by atoms with van der Waals surface area (Å²) >= 11 is 0. The lowest BCUT2D eigenvalue weighted by molar-refractivity contribution is -0.141. The molecule has 10 heteroatoms. The van der Waals surface area contributed by atoms with E-state index in [0.717, 1.165) is 22.1 Å². The van der Waals surface area contributed by atoms with Gasteiger partial charge in [0.2, 0.25) is 0 Å². The summed E-state index contributed by atoms with van der Waals surface area (Å²) in [5.41, 5.74) is -0.0167. The number of rotatable bonds is 15. The predicted octanol–water partition coefficient (Wildman–Crippen LogP) is 6.25. The Morgan fingerprint density at radius 1 is 0.814 bits per heavy atom. The summed E-state index contributed by atoms with van der Waals surface area (Å²) in [6, 6.07) is 14.6. The molecule has 1 atom stereocenters. The van der Waals surface area contributed by atoms with E-state index in [1.54, 1.807) is 32.4 Å². The van der Waals surface area contributed by atoms with Gasteiger partial charge in [-0.2, -0.15) is 0 Å². The summed E-state index contributed by atoms with van der Waals surface area (Å²) in [5, 5.41) is 1.92. The molecule has 10 nitrogen and oxygen atoms in total. The van der Waals surface area contributed by atoms with Crippen molar-refractivity contribution < 1.29 is 42.8 Å². The fraction of sp³-hybridized carbons (Fsp3) is 0.455. The van der Waals surface area contributed by atoms with Crippen LogP contribution < -0.4 is 4.74 Å². The molecule has 0 unspecified atom stereocenters. The van der Waals surface area contributed by atoms with E-state index in [-0.39, 0.29) is 13.2 Å². The number of fused-ring (bicyclic) bond motifs is 1. The molecule has 0 amide bonds. The van der Waals surface area contributed by atoms with Crippen LogP contribution in [0.3, 0.4) is 0 Å². The molecule has 2 aromatic carbocycles. The minimum absolute atomic E-state index is 0.0138. The molecule has 0 saturated heterocycles. The summed E-state index contributed by atoms with van der Waals surface area (Å²) in [4.78, 5) is 40.7. The third-order valence-corrected chi connectivity index (χ3v) is 6.94. The highest BCUT2D eigenvalue weighted by Gasteiger charge is 2.24. The van der Waals surface area contributed by atoms with Crippen LogP contribution in [0, 0.1) is 0 Å². The van der Waals surface area contributed by atoms with Crippen molar-refractivity contribution in [3.63, 3.8) is 0 Å². The van der Waals surface area contributed by atoms with E-state index in [1.165, 1.54) is 6.20 Å². The maximum absolute atomic E-state index is 12.6. The second-order valence-electron chi connectivity index (χ2n) is 11.3. The average Bonchev–Trinajstić information content (AvgIpc) is 2.98. The first-order valence-corrected chi connectivity index (χ1v) is 14.2. The lowest BCUT2D eigenvalue weighted by Crippen LogP contribution is -2.32. The number of benzene rings is 2. The van der Waals surface area contributed by atoms with E-state index in [0.29, 0.717) is 31.6 Å². The van der Waals surface area contributed by atoms with Crippen molar-refractivity contribution in [2.75, 3.05) is 33.5 Å². The van der Waals surface area contributed by atoms with E-state index < -0.39 is 35.2 Å². The third kappa shape index (κ3) is 11.0. The maximum Gasteiger partial charge on any atom is 0.516 e. The standard InChI is InChI=1S/C33H41NO9/c1-23(24-9-10-26-21-28(38-6)12-11-25(26)20-24)29(35)43-31(37)40-17-14-33(4,5)42-19-18-41-32(2,3)13-16-39-30(36)27-8-7-15-34-22-27/h7-12,15,20-23H,13-14,16-19H2,1-6H3/t23-/m1/s1. The Morgan fingerprint density at radius 2 is 1.44 bits per heavy atom. The predicted molar refractivity (Wildman–Crippen MR) is 160 cm³/mol. The van der Waals surface area contributed by atoms with Crippen LogP contribution in [0.25, 0.3) is 10.8 Å². The highest BCUT2D eigenvalue weighted by Crippen LogP contribution is 2.26. The number of hydrogen-bond acceptors (Lipinski definition) is 10. The van der Waals surface area contributed by atoms with Gasteiger partial charge in [0, 0.05) is 25.2 Å². The van der Waals surface area contributed by atoms with Crippen molar-refractivity contribution in [3.05, 3.63) is 72.1 Å². The molecule has 0 bridgehead atoms. The van der Waals surface area contributed by atoms with Gasteiger partial charge in [-0.05, 0) is 75.2 Å². The Bertz CT molecular complexity index is 1370. The van der Waals surface area contributed by atoms with Gasteiger partial charge in [0.05, 0.1) is 56.2 Å². The summed E-state index contributed by atoms with van der Waals surface area (Å²) in [6.45, 7) is 10.1. The Kier molecular flexibility index (Phi) is 12.0. The number of hydrogen-bond donors (Lipinski definition) is 0. The zero-order valence-corrected chi connectivity index (χ0v) is 25.7. The molecule has 1 heterocycles. The van der Waals surface area contributed by atoms with Crippen LogP contribution >= 0.6 is 0 Å². The molecule has 0 fully saturated rings. The monoisotopic (exact) mass is 595 g/mol. The van der Waals surface area contributed by atoms with Crippen molar-refractivity contribution in [1.82, 2.24) is 4.98 Å². The van der Waals surface area contributed by atoms with Crippen LogP contribution in [0.1, 0.15) is 69.3 Å². The van der Waals surface area contributed by atoms with Crippen molar-refractivity contribution in [2.45, 2.75) is 64.6 Å². The van der Waals surface area contributed by atoms with E-state index in [9.17, 15) is 14.4 Å². The Hall–Kier alpha value is -4.02. The van der Waals surface area contributed by atoms with Gasteiger partial charge >= 0.3 is 18.1 Å². The molecule has 0 aliphatic carbocycles. The van der Waals surface area contributed by atoms with Gasteiger partial charge in [-0.3, -0.25) is 9.78 Å². The number of carbonyl (C=O) groups is 3. The second-order valence-corrected chi connectivity index (χ2v) is 11.3. The van der Waals surface area contributed by atoms with Crippen LogP contribution in [0.2, 0.25) is 0 Å². The van der Waals surface area contributed by atoms with Gasteiger partial charge in [-0.25, -0.2) is 9.59 Å². The second kappa shape index (κ2) is 15.5. The fourth-order valence-electron chi connectivity index (χ4n) is 4.09. The van der Waals surface area contributed by atoms with Crippen molar-refractivity contribution in [1.29, 1.82) is 0 Å². The Labute approximate surface area is 252 Å². The largest absolute Gasteiger partial charge is 0.516 e.